The van der Waals surface area contributed by atoms with E-state index in [1.165, 1.54) is 41.8 Å². The molecule has 164 valence electrons. The molecule has 0 saturated carbocycles. The lowest BCUT2D eigenvalue weighted by Gasteiger charge is -2.07. The fourth-order valence-corrected chi connectivity index (χ4v) is 5.22. The summed E-state index contributed by atoms with van der Waals surface area (Å²) in [5.41, 5.74) is 1.40. The number of hydrogen-bond acceptors (Lipinski definition) is 6. The fourth-order valence-electron chi connectivity index (χ4n) is 2.91. The van der Waals surface area contributed by atoms with Crippen molar-refractivity contribution in [1.29, 1.82) is 0 Å². The Bertz CT molecular complexity index is 1360. The number of aryl methyl sites for hydroxylation is 1. The van der Waals surface area contributed by atoms with E-state index < -0.39 is 15.9 Å². The summed E-state index contributed by atoms with van der Waals surface area (Å²) in [5.74, 6) is 0.467. The van der Waals surface area contributed by atoms with E-state index in [1.807, 2.05) is 0 Å². The van der Waals surface area contributed by atoms with Crippen LogP contribution in [-0.4, -0.2) is 19.3 Å². The van der Waals surface area contributed by atoms with Crippen LogP contribution in [0.25, 0.3) is 11.3 Å². The van der Waals surface area contributed by atoms with Crippen molar-refractivity contribution >= 4 is 61.3 Å². The molecule has 32 heavy (non-hydrogen) atoms. The smallest absolute Gasteiger partial charge is 0.263 e. The quantitative estimate of drug-likeness (QED) is 0.329. The summed E-state index contributed by atoms with van der Waals surface area (Å²) < 4.78 is 33.0. The van der Waals surface area contributed by atoms with Gasteiger partial charge in [-0.3, -0.25) is 9.52 Å². The zero-order chi connectivity index (χ0) is 22.9. The first-order valence-electron chi connectivity index (χ1n) is 9.12. The van der Waals surface area contributed by atoms with Crippen LogP contribution in [0, 0.1) is 6.92 Å². The topological polar surface area (TPSA) is 101 Å². The molecule has 0 aliphatic carbocycles. The van der Waals surface area contributed by atoms with Gasteiger partial charge in [-0.2, -0.15) is 0 Å². The number of halogens is 2. The number of carbonyl (C=O) groups excluding carboxylic acids is 1. The molecule has 1 amide bonds. The summed E-state index contributed by atoms with van der Waals surface area (Å²) in [4.78, 5) is 16.7. The monoisotopic (exact) mass is 507 g/mol. The van der Waals surface area contributed by atoms with E-state index in [2.05, 4.69) is 15.0 Å². The molecule has 0 fully saturated rings. The van der Waals surface area contributed by atoms with Gasteiger partial charge < -0.3 is 9.73 Å². The van der Waals surface area contributed by atoms with Crippen LogP contribution in [-0.2, 0) is 10.0 Å². The second-order valence-electron chi connectivity index (χ2n) is 6.66. The first-order chi connectivity index (χ1) is 15.2. The molecule has 0 aliphatic heterocycles. The molecule has 2 aromatic heterocycles. The molecule has 4 rings (SSSR count). The van der Waals surface area contributed by atoms with Gasteiger partial charge in [0.2, 0.25) is 0 Å². The number of benzene rings is 2. The highest BCUT2D eigenvalue weighted by Gasteiger charge is 2.18. The van der Waals surface area contributed by atoms with Gasteiger partial charge in [0.25, 0.3) is 15.9 Å². The largest absolute Gasteiger partial charge is 0.461 e. The number of hydrogen-bond donors (Lipinski definition) is 2. The number of nitrogens with one attached hydrogen (secondary N) is 2. The summed E-state index contributed by atoms with van der Waals surface area (Å²) in [6.07, 6.45) is 1.51. The number of amides is 1. The highest BCUT2D eigenvalue weighted by Crippen LogP contribution is 2.30. The maximum absolute atomic E-state index is 12.7. The summed E-state index contributed by atoms with van der Waals surface area (Å²) >= 11 is 13.3. The number of sulfonamides is 1. The summed E-state index contributed by atoms with van der Waals surface area (Å²) in [5, 5.41) is 5.58. The van der Waals surface area contributed by atoms with Crippen molar-refractivity contribution in [3.63, 3.8) is 0 Å². The van der Waals surface area contributed by atoms with Gasteiger partial charge in [-0.05, 0) is 55.5 Å². The SMILES string of the molecule is Cc1oc(-c2cc(Cl)cc(Cl)c2)cc1C(=O)Nc1ccc(S(=O)(=O)Nc2nccs2)cc1. The van der Waals surface area contributed by atoms with Gasteiger partial charge in [0.1, 0.15) is 11.5 Å². The number of nitrogens with zero attached hydrogens (tertiary/aromatic N) is 1. The molecule has 2 aromatic carbocycles. The van der Waals surface area contributed by atoms with Gasteiger partial charge in [-0.15, -0.1) is 11.3 Å². The Balaban J connectivity index is 1.50. The van der Waals surface area contributed by atoms with E-state index in [9.17, 15) is 13.2 Å². The highest BCUT2D eigenvalue weighted by molar-refractivity contribution is 7.93. The molecule has 0 spiro atoms. The third-order valence-corrected chi connectivity index (χ3v) is 6.99. The summed E-state index contributed by atoms with van der Waals surface area (Å²) in [6, 6.07) is 12.4. The Hall–Kier alpha value is -2.85. The lowest BCUT2D eigenvalue weighted by atomic mass is 10.1. The van der Waals surface area contributed by atoms with E-state index in [-0.39, 0.29) is 10.0 Å². The zero-order valence-corrected chi connectivity index (χ0v) is 19.6. The average molecular weight is 508 g/mol. The molecule has 0 unspecified atom stereocenters. The number of thiazole rings is 1. The van der Waals surface area contributed by atoms with E-state index in [0.717, 1.165) is 0 Å². The minimum Gasteiger partial charge on any atom is -0.461 e. The van der Waals surface area contributed by atoms with Gasteiger partial charge in [-0.25, -0.2) is 13.4 Å². The van der Waals surface area contributed by atoms with Crippen LogP contribution >= 0.6 is 34.5 Å². The molecule has 2 N–H and O–H groups in total. The van der Waals surface area contributed by atoms with Crippen LogP contribution in [0.15, 0.2) is 69.4 Å². The lowest BCUT2D eigenvalue weighted by Crippen LogP contribution is -2.14. The van der Waals surface area contributed by atoms with Crippen LogP contribution in [0.3, 0.4) is 0 Å². The van der Waals surface area contributed by atoms with E-state index >= 15 is 0 Å². The normalized spacial score (nSPS) is 11.3. The third-order valence-electron chi connectivity index (χ3n) is 4.39. The Morgan fingerprint density at radius 2 is 1.75 bits per heavy atom. The van der Waals surface area contributed by atoms with Crippen LogP contribution < -0.4 is 10.0 Å². The second kappa shape index (κ2) is 8.95. The van der Waals surface area contributed by atoms with Crippen molar-refractivity contribution in [2.24, 2.45) is 0 Å². The lowest BCUT2D eigenvalue weighted by molar-refractivity contribution is 0.102. The number of carbonyl (C=O) groups is 1. The van der Waals surface area contributed by atoms with E-state index in [1.54, 1.807) is 36.6 Å². The first kappa shape index (κ1) is 22.3. The van der Waals surface area contributed by atoms with Crippen LogP contribution in [0.5, 0.6) is 0 Å². The average Bonchev–Trinajstić information content (AvgIpc) is 3.37. The Morgan fingerprint density at radius 1 is 1.06 bits per heavy atom. The molecule has 0 radical (unpaired) electrons. The number of anilines is 2. The van der Waals surface area contributed by atoms with Crippen LogP contribution in [0.4, 0.5) is 10.8 Å². The van der Waals surface area contributed by atoms with Gasteiger partial charge in [0.15, 0.2) is 5.13 Å². The Morgan fingerprint density at radius 3 is 2.38 bits per heavy atom. The van der Waals surface area contributed by atoms with Gasteiger partial charge in [0, 0.05) is 32.9 Å². The fraction of sp³-hybridized carbons (Fsp3) is 0.0476. The van der Waals surface area contributed by atoms with Gasteiger partial charge in [0.05, 0.1) is 10.5 Å². The Labute approximate surface area is 198 Å². The predicted molar refractivity (Wildman–Crippen MR) is 126 cm³/mol. The van der Waals surface area contributed by atoms with Crippen molar-refractivity contribution < 1.29 is 17.6 Å². The molecule has 4 aromatic rings. The van der Waals surface area contributed by atoms with Crippen molar-refractivity contribution in [2.75, 3.05) is 10.0 Å². The second-order valence-corrected chi connectivity index (χ2v) is 10.1. The molecule has 7 nitrogen and oxygen atoms in total. The third kappa shape index (κ3) is 4.97. The maximum atomic E-state index is 12.7. The summed E-state index contributed by atoms with van der Waals surface area (Å²) in [6.45, 7) is 1.67. The first-order valence-corrected chi connectivity index (χ1v) is 12.2. The predicted octanol–water partition coefficient (Wildman–Crippen LogP) is 6.07. The highest BCUT2D eigenvalue weighted by atomic mass is 35.5. The molecule has 0 bridgehead atoms. The standard InChI is InChI=1S/C21H15Cl2N3O4S2/c1-12-18(11-19(30-12)13-8-14(22)10-15(23)9-13)20(27)25-16-2-4-17(5-3-16)32(28,29)26-21-24-6-7-31-21/h2-11H,1H3,(H,24,26)(H,25,27). The minimum absolute atomic E-state index is 0.0466. The molecule has 11 heteroatoms. The Kier molecular flexibility index (Phi) is 6.25. The zero-order valence-electron chi connectivity index (χ0n) is 16.4. The van der Waals surface area contributed by atoms with Crippen molar-refractivity contribution in [2.45, 2.75) is 11.8 Å². The molecule has 0 saturated heterocycles. The minimum atomic E-state index is -3.77. The molecule has 2 heterocycles. The van der Waals surface area contributed by atoms with E-state index in [0.29, 0.717) is 38.4 Å². The number of rotatable bonds is 6. The van der Waals surface area contributed by atoms with Crippen molar-refractivity contribution in [3.05, 3.63) is 81.5 Å². The maximum Gasteiger partial charge on any atom is 0.263 e. The molecular weight excluding hydrogens is 493 g/mol. The number of aromatic nitrogens is 1. The van der Waals surface area contributed by atoms with Gasteiger partial charge >= 0.3 is 0 Å². The molecule has 0 aliphatic rings. The van der Waals surface area contributed by atoms with Crippen molar-refractivity contribution in [3.8, 4) is 11.3 Å². The van der Waals surface area contributed by atoms with E-state index in [4.69, 9.17) is 27.6 Å². The summed E-state index contributed by atoms with van der Waals surface area (Å²) in [7, 11) is -3.77. The van der Waals surface area contributed by atoms with Crippen LogP contribution in [0.2, 0.25) is 10.0 Å². The van der Waals surface area contributed by atoms with Crippen LogP contribution in [0.1, 0.15) is 16.1 Å². The van der Waals surface area contributed by atoms with Gasteiger partial charge in [-0.1, -0.05) is 23.2 Å². The number of furan rings is 1. The van der Waals surface area contributed by atoms with Crippen molar-refractivity contribution in [1.82, 2.24) is 4.98 Å². The molecule has 0 atom stereocenters. The molecular formula is C21H15Cl2N3O4S2.